The highest BCUT2D eigenvalue weighted by molar-refractivity contribution is 7.90. The van der Waals surface area contributed by atoms with Crippen molar-refractivity contribution < 1.29 is 8.42 Å². The molecule has 0 aliphatic carbocycles. The van der Waals surface area contributed by atoms with Crippen LogP contribution in [0.15, 0.2) is 0 Å². The molecule has 2 unspecified atom stereocenters. The molecule has 0 aromatic heterocycles. The normalized spacial score (nSPS) is 16.9. The number of sulfone groups is 1. The van der Waals surface area contributed by atoms with E-state index in [0.717, 1.165) is 19.3 Å². The number of rotatable bonds is 6. The molecule has 0 heterocycles. The van der Waals surface area contributed by atoms with E-state index in [1.807, 2.05) is 6.92 Å². The summed E-state index contributed by atoms with van der Waals surface area (Å²) in [5.74, 6) is 0.822. The molecule has 2 atom stereocenters. The molecule has 0 fully saturated rings. The van der Waals surface area contributed by atoms with Gasteiger partial charge in [-0.2, -0.15) is 0 Å². The van der Waals surface area contributed by atoms with Crippen molar-refractivity contribution in [2.75, 3.05) is 12.0 Å². The van der Waals surface area contributed by atoms with Gasteiger partial charge in [-0.15, -0.1) is 11.6 Å². The first-order valence-corrected chi connectivity index (χ1v) is 7.12. The quantitative estimate of drug-likeness (QED) is 0.652. The molecule has 0 aromatic rings. The molecule has 0 aliphatic rings. The first-order valence-electron chi connectivity index (χ1n) is 4.63. The zero-order valence-corrected chi connectivity index (χ0v) is 10.2. The van der Waals surface area contributed by atoms with Gasteiger partial charge in [0.2, 0.25) is 0 Å². The summed E-state index contributed by atoms with van der Waals surface area (Å²) in [7, 11) is -2.78. The van der Waals surface area contributed by atoms with E-state index in [4.69, 9.17) is 11.6 Å². The van der Waals surface area contributed by atoms with Crippen molar-refractivity contribution in [3.05, 3.63) is 0 Å². The molecule has 0 aromatic carbocycles. The lowest BCUT2D eigenvalue weighted by Gasteiger charge is -2.11. The second-order valence-electron chi connectivity index (χ2n) is 3.89. The second-order valence-corrected chi connectivity index (χ2v) is 6.90. The molecule has 0 amide bonds. The molecule has 0 saturated heterocycles. The van der Waals surface area contributed by atoms with E-state index in [0.29, 0.717) is 11.7 Å². The number of alkyl halides is 1. The summed E-state index contributed by atoms with van der Waals surface area (Å²) in [5.41, 5.74) is 0. The Kier molecular flexibility index (Phi) is 5.97. The van der Waals surface area contributed by atoms with Crippen molar-refractivity contribution >= 4 is 21.4 Å². The van der Waals surface area contributed by atoms with Gasteiger partial charge in [0, 0.05) is 17.4 Å². The number of hydrogen-bond donors (Lipinski definition) is 0. The van der Waals surface area contributed by atoms with Crippen LogP contribution in [0.2, 0.25) is 0 Å². The SMILES string of the molecule is CC(Cl)CC(C)CCCS(C)(=O)=O. The fourth-order valence-electron chi connectivity index (χ4n) is 1.37. The zero-order valence-electron chi connectivity index (χ0n) is 8.59. The van der Waals surface area contributed by atoms with Crippen molar-refractivity contribution in [2.45, 2.75) is 38.5 Å². The lowest BCUT2D eigenvalue weighted by Crippen LogP contribution is -2.07. The van der Waals surface area contributed by atoms with Crippen molar-refractivity contribution in [1.82, 2.24) is 0 Å². The molecule has 13 heavy (non-hydrogen) atoms. The molecule has 2 nitrogen and oxygen atoms in total. The Morgan fingerprint density at radius 3 is 2.23 bits per heavy atom. The van der Waals surface area contributed by atoms with Crippen molar-refractivity contribution in [3.63, 3.8) is 0 Å². The lowest BCUT2D eigenvalue weighted by atomic mass is 10.0. The van der Waals surface area contributed by atoms with Crippen LogP contribution in [-0.4, -0.2) is 25.8 Å². The summed E-state index contributed by atoms with van der Waals surface area (Å²) in [4.78, 5) is 0. The zero-order chi connectivity index (χ0) is 10.5. The molecule has 4 heteroatoms. The van der Waals surface area contributed by atoms with Crippen LogP contribution in [0.1, 0.15) is 33.1 Å². The van der Waals surface area contributed by atoms with Gasteiger partial charge in [-0.25, -0.2) is 8.42 Å². The first-order chi connectivity index (χ1) is 5.81. The van der Waals surface area contributed by atoms with Gasteiger partial charge in [-0.05, 0) is 32.1 Å². The van der Waals surface area contributed by atoms with Crippen LogP contribution in [0.25, 0.3) is 0 Å². The maximum absolute atomic E-state index is 10.8. The molecule has 0 N–H and O–H groups in total. The summed E-state index contributed by atoms with van der Waals surface area (Å²) >= 11 is 5.82. The number of halogens is 1. The van der Waals surface area contributed by atoms with Crippen molar-refractivity contribution in [1.29, 1.82) is 0 Å². The standard InChI is InChI=1S/C9H19ClO2S/c1-8(7-9(2)10)5-4-6-13(3,11)12/h8-9H,4-7H2,1-3H3. The third-order valence-electron chi connectivity index (χ3n) is 1.94. The van der Waals surface area contributed by atoms with Crippen LogP contribution in [0.4, 0.5) is 0 Å². The predicted octanol–water partition coefficient (Wildman–Crippen LogP) is 2.46. The van der Waals surface area contributed by atoms with Crippen LogP contribution < -0.4 is 0 Å². The van der Waals surface area contributed by atoms with E-state index in [2.05, 4.69) is 6.92 Å². The maximum atomic E-state index is 10.8. The highest BCUT2D eigenvalue weighted by Crippen LogP contribution is 2.16. The summed E-state index contributed by atoms with van der Waals surface area (Å²) in [5, 5.41) is 0.188. The Labute approximate surface area is 86.6 Å². The van der Waals surface area contributed by atoms with Gasteiger partial charge in [-0.1, -0.05) is 6.92 Å². The molecule has 0 rings (SSSR count). The summed E-state index contributed by atoms with van der Waals surface area (Å²) in [6.07, 6.45) is 3.95. The van der Waals surface area contributed by atoms with Gasteiger partial charge in [0.15, 0.2) is 0 Å². The third kappa shape index (κ3) is 10.2. The van der Waals surface area contributed by atoms with E-state index < -0.39 is 9.84 Å². The summed E-state index contributed by atoms with van der Waals surface area (Å²) in [6, 6.07) is 0. The second kappa shape index (κ2) is 5.86. The Hall–Kier alpha value is 0.240. The van der Waals surface area contributed by atoms with Crippen molar-refractivity contribution in [2.24, 2.45) is 5.92 Å². The Morgan fingerprint density at radius 2 is 1.85 bits per heavy atom. The Balaban J connectivity index is 3.54. The molecule has 0 aliphatic heterocycles. The van der Waals surface area contributed by atoms with Gasteiger partial charge in [0.25, 0.3) is 0 Å². The fourth-order valence-corrected chi connectivity index (χ4v) is 2.36. The Morgan fingerprint density at radius 1 is 1.31 bits per heavy atom. The fraction of sp³-hybridized carbons (Fsp3) is 1.00. The van der Waals surface area contributed by atoms with Gasteiger partial charge >= 0.3 is 0 Å². The maximum Gasteiger partial charge on any atom is 0.147 e. The van der Waals surface area contributed by atoms with Crippen LogP contribution in [0, 0.1) is 5.92 Å². The minimum atomic E-state index is -2.78. The first kappa shape index (κ1) is 13.2. The average Bonchev–Trinajstić information content (AvgIpc) is 1.81. The topological polar surface area (TPSA) is 34.1 Å². The number of hydrogen-bond acceptors (Lipinski definition) is 2. The highest BCUT2D eigenvalue weighted by Gasteiger charge is 2.08. The molecular formula is C9H19ClO2S. The van der Waals surface area contributed by atoms with E-state index in [9.17, 15) is 8.42 Å². The van der Waals surface area contributed by atoms with Gasteiger partial charge in [-0.3, -0.25) is 0 Å². The monoisotopic (exact) mass is 226 g/mol. The highest BCUT2D eigenvalue weighted by atomic mass is 35.5. The average molecular weight is 227 g/mol. The minimum absolute atomic E-state index is 0.188. The summed E-state index contributed by atoms with van der Waals surface area (Å²) < 4.78 is 21.6. The molecule has 0 spiro atoms. The van der Waals surface area contributed by atoms with E-state index in [-0.39, 0.29) is 5.38 Å². The predicted molar refractivity (Wildman–Crippen MR) is 58.0 cm³/mol. The minimum Gasteiger partial charge on any atom is -0.229 e. The molecule has 0 bridgehead atoms. The largest absolute Gasteiger partial charge is 0.229 e. The molecule has 80 valence electrons. The van der Waals surface area contributed by atoms with Gasteiger partial charge < -0.3 is 0 Å². The van der Waals surface area contributed by atoms with Crippen LogP contribution in [0.3, 0.4) is 0 Å². The Bertz CT molecular complexity index is 222. The molecule has 0 radical (unpaired) electrons. The van der Waals surface area contributed by atoms with E-state index in [1.165, 1.54) is 6.26 Å². The molecule has 0 saturated carbocycles. The van der Waals surface area contributed by atoms with Gasteiger partial charge in [0.05, 0.1) is 0 Å². The van der Waals surface area contributed by atoms with Crippen LogP contribution in [-0.2, 0) is 9.84 Å². The van der Waals surface area contributed by atoms with E-state index in [1.54, 1.807) is 0 Å². The van der Waals surface area contributed by atoms with E-state index >= 15 is 0 Å². The van der Waals surface area contributed by atoms with Crippen molar-refractivity contribution in [3.8, 4) is 0 Å². The lowest BCUT2D eigenvalue weighted by molar-refractivity contribution is 0.482. The van der Waals surface area contributed by atoms with Crippen LogP contribution in [0.5, 0.6) is 0 Å². The van der Waals surface area contributed by atoms with Gasteiger partial charge in [0.1, 0.15) is 9.84 Å². The smallest absolute Gasteiger partial charge is 0.147 e. The summed E-state index contributed by atoms with van der Waals surface area (Å²) in [6.45, 7) is 4.08. The molecular weight excluding hydrogens is 208 g/mol. The third-order valence-corrected chi connectivity index (χ3v) is 3.15. The van der Waals surface area contributed by atoms with Crippen LogP contribution >= 0.6 is 11.6 Å².